The van der Waals surface area contributed by atoms with Gasteiger partial charge in [0.05, 0.1) is 6.20 Å². The maximum atomic E-state index is 11.8. The first-order valence-corrected chi connectivity index (χ1v) is 5.45. The number of carbonyl (C=O) groups excluding carboxylic acids is 1. The monoisotopic (exact) mass is 232 g/mol. The van der Waals surface area contributed by atoms with Crippen LogP contribution in [0.4, 0.5) is 5.82 Å². The Balaban J connectivity index is 1.74. The van der Waals surface area contributed by atoms with Crippen LogP contribution in [0.2, 0.25) is 0 Å². The quantitative estimate of drug-likeness (QED) is 0.814. The van der Waals surface area contributed by atoms with E-state index in [2.05, 4.69) is 25.6 Å². The Labute approximate surface area is 97.2 Å². The SMILES string of the molecule is Cn1nccc1NC(=O)c1n[nH]c(C2CC2)n1. The molecule has 0 unspecified atom stereocenters. The highest BCUT2D eigenvalue weighted by Crippen LogP contribution is 2.37. The van der Waals surface area contributed by atoms with Gasteiger partial charge in [-0.25, -0.2) is 4.98 Å². The summed E-state index contributed by atoms with van der Waals surface area (Å²) < 4.78 is 1.58. The first-order chi connectivity index (χ1) is 8.24. The molecule has 1 aliphatic carbocycles. The van der Waals surface area contributed by atoms with Gasteiger partial charge in [0.2, 0.25) is 5.82 Å². The largest absolute Gasteiger partial charge is 0.304 e. The lowest BCUT2D eigenvalue weighted by molar-refractivity contribution is 0.101. The van der Waals surface area contributed by atoms with Gasteiger partial charge in [-0.1, -0.05) is 0 Å². The van der Waals surface area contributed by atoms with Crippen LogP contribution in [0.3, 0.4) is 0 Å². The summed E-state index contributed by atoms with van der Waals surface area (Å²) in [7, 11) is 1.75. The average molecular weight is 232 g/mol. The van der Waals surface area contributed by atoms with Gasteiger partial charge in [-0.2, -0.15) is 5.10 Å². The van der Waals surface area contributed by atoms with Crippen LogP contribution in [0.25, 0.3) is 0 Å². The maximum absolute atomic E-state index is 11.8. The summed E-state index contributed by atoms with van der Waals surface area (Å²) in [5.41, 5.74) is 0. The van der Waals surface area contributed by atoms with Crippen LogP contribution in [0.15, 0.2) is 12.3 Å². The number of anilines is 1. The molecule has 0 bridgehead atoms. The molecule has 1 fully saturated rings. The third-order valence-corrected chi connectivity index (χ3v) is 2.73. The Hall–Kier alpha value is -2.18. The first-order valence-electron chi connectivity index (χ1n) is 5.45. The fraction of sp³-hybridized carbons (Fsp3) is 0.400. The predicted octanol–water partition coefficient (Wildman–Crippen LogP) is 0.668. The molecule has 2 aromatic rings. The minimum atomic E-state index is -0.322. The average Bonchev–Trinajstić information content (AvgIpc) is 2.91. The van der Waals surface area contributed by atoms with Gasteiger partial charge in [0.25, 0.3) is 5.91 Å². The second kappa shape index (κ2) is 3.69. The summed E-state index contributed by atoms with van der Waals surface area (Å²) in [6.07, 6.45) is 3.86. The van der Waals surface area contributed by atoms with E-state index < -0.39 is 0 Å². The molecular formula is C10H12N6O. The zero-order chi connectivity index (χ0) is 11.8. The molecular weight excluding hydrogens is 220 g/mol. The van der Waals surface area contributed by atoms with Gasteiger partial charge in [0, 0.05) is 19.0 Å². The molecule has 1 saturated carbocycles. The highest BCUT2D eigenvalue weighted by atomic mass is 16.2. The smallest absolute Gasteiger partial charge is 0.296 e. The van der Waals surface area contributed by atoms with Gasteiger partial charge in [-0.15, -0.1) is 5.10 Å². The summed E-state index contributed by atoms with van der Waals surface area (Å²) >= 11 is 0. The van der Waals surface area contributed by atoms with Crippen molar-refractivity contribution in [3.05, 3.63) is 23.9 Å². The molecule has 2 heterocycles. The summed E-state index contributed by atoms with van der Waals surface area (Å²) in [6, 6.07) is 1.71. The highest BCUT2D eigenvalue weighted by molar-refractivity contribution is 6.00. The van der Waals surface area contributed by atoms with Crippen LogP contribution in [-0.2, 0) is 7.05 Å². The van der Waals surface area contributed by atoms with Gasteiger partial charge in [-0.05, 0) is 12.8 Å². The van der Waals surface area contributed by atoms with Gasteiger partial charge >= 0.3 is 0 Å². The maximum Gasteiger partial charge on any atom is 0.296 e. The number of nitrogens with one attached hydrogen (secondary N) is 2. The first kappa shape index (κ1) is 10.0. The molecule has 7 heteroatoms. The molecule has 0 aliphatic heterocycles. The number of H-pyrrole nitrogens is 1. The van der Waals surface area contributed by atoms with E-state index in [1.165, 1.54) is 0 Å². The van der Waals surface area contributed by atoms with Gasteiger partial charge in [0.15, 0.2) is 0 Å². The molecule has 7 nitrogen and oxygen atoms in total. The van der Waals surface area contributed by atoms with Crippen molar-refractivity contribution in [3.8, 4) is 0 Å². The number of carbonyl (C=O) groups is 1. The van der Waals surface area contributed by atoms with Crippen molar-refractivity contribution >= 4 is 11.7 Å². The number of amides is 1. The Morgan fingerprint density at radius 2 is 2.41 bits per heavy atom. The molecule has 2 aromatic heterocycles. The molecule has 0 aromatic carbocycles. The molecule has 0 radical (unpaired) electrons. The lowest BCUT2D eigenvalue weighted by atomic mass is 10.4. The fourth-order valence-electron chi connectivity index (χ4n) is 1.58. The number of nitrogens with zero attached hydrogens (tertiary/aromatic N) is 4. The van der Waals surface area contributed by atoms with E-state index in [4.69, 9.17) is 0 Å². The van der Waals surface area contributed by atoms with Crippen LogP contribution in [-0.4, -0.2) is 30.9 Å². The van der Waals surface area contributed by atoms with Crippen molar-refractivity contribution < 1.29 is 4.79 Å². The second-order valence-electron chi connectivity index (χ2n) is 4.11. The van der Waals surface area contributed by atoms with Crippen molar-refractivity contribution in [2.75, 3.05) is 5.32 Å². The zero-order valence-electron chi connectivity index (χ0n) is 9.34. The highest BCUT2D eigenvalue weighted by Gasteiger charge is 2.28. The topological polar surface area (TPSA) is 88.5 Å². The van der Waals surface area contributed by atoms with E-state index >= 15 is 0 Å². The molecule has 0 saturated heterocycles. The standard InChI is InChI=1S/C10H12N6O/c1-16-7(4-5-11-16)12-10(17)9-13-8(14-15-9)6-2-3-6/h4-6H,2-3H2,1H3,(H,12,17)(H,13,14,15). The van der Waals surface area contributed by atoms with Crippen molar-refractivity contribution in [3.63, 3.8) is 0 Å². The van der Waals surface area contributed by atoms with Gasteiger partial charge in [0.1, 0.15) is 11.6 Å². The van der Waals surface area contributed by atoms with Crippen LogP contribution in [0, 0.1) is 0 Å². The van der Waals surface area contributed by atoms with Crippen LogP contribution in [0.1, 0.15) is 35.2 Å². The summed E-state index contributed by atoms with van der Waals surface area (Å²) in [5.74, 6) is 1.73. The molecule has 1 aliphatic rings. The van der Waals surface area contributed by atoms with E-state index in [9.17, 15) is 4.79 Å². The fourth-order valence-corrected chi connectivity index (χ4v) is 1.58. The Bertz CT molecular complexity index is 553. The minimum absolute atomic E-state index is 0.174. The van der Waals surface area contributed by atoms with Crippen LogP contribution >= 0.6 is 0 Å². The van der Waals surface area contributed by atoms with Crippen molar-refractivity contribution in [1.29, 1.82) is 0 Å². The van der Waals surface area contributed by atoms with Gasteiger partial charge < -0.3 is 5.32 Å². The molecule has 88 valence electrons. The minimum Gasteiger partial charge on any atom is -0.304 e. The van der Waals surface area contributed by atoms with Crippen molar-refractivity contribution in [2.45, 2.75) is 18.8 Å². The summed E-state index contributed by atoms with van der Waals surface area (Å²) in [4.78, 5) is 16.0. The number of rotatable bonds is 3. The van der Waals surface area contributed by atoms with Gasteiger partial charge in [-0.3, -0.25) is 14.6 Å². The molecule has 3 rings (SSSR count). The third kappa shape index (κ3) is 1.91. The number of hydrogen-bond donors (Lipinski definition) is 2. The lowest BCUT2D eigenvalue weighted by Gasteiger charge is -2.01. The predicted molar refractivity (Wildman–Crippen MR) is 59.5 cm³/mol. The third-order valence-electron chi connectivity index (χ3n) is 2.73. The number of aromatic amines is 1. The van der Waals surface area contributed by atoms with E-state index in [0.29, 0.717) is 11.7 Å². The molecule has 0 spiro atoms. The molecule has 1 amide bonds. The molecule has 0 atom stereocenters. The van der Waals surface area contributed by atoms with E-state index in [1.54, 1.807) is 24.0 Å². The molecule has 17 heavy (non-hydrogen) atoms. The molecule has 2 N–H and O–H groups in total. The summed E-state index contributed by atoms with van der Waals surface area (Å²) in [5, 5.41) is 13.4. The number of hydrogen-bond acceptors (Lipinski definition) is 4. The lowest BCUT2D eigenvalue weighted by Crippen LogP contribution is -2.16. The van der Waals surface area contributed by atoms with E-state index in [0.717, 1.165) is 18.7 Å². The Morgan fingerprint density at radius 1 is 1.59 bits per heavy atom. The van der Waals surface area contributed by atoms with Crippen molar-refractivity contribution in [1.82, 2.24) is 25.0 Å². The Kier molecular flexibility index (Phi) is 2.17. The van der Waals surface area contributed by atoms with Crippen LogP contribution in [0.5, 0.6) is 0 Å². The zero-order valence-corrected chi connectivity index (χ0v) is 9.34. The van der Waals surface area contributed by atoms with E-state index in [1.807, 2.05) is 0 Å². The normalized spacial score (nSPS) is 14.9. The Morgan fingerprint density at radius 3 is 3.06 bits per heavy atom. The van der Waals surface area contributed by atoms with Crippen LogP contribution < -0.4 is 5.32 Å². The number of aromatic nitrogens is 5. The second-order valence-corrected chi connectivity index (χ2v) is 4.11. The van der Waals surface area contributed by atoms with E-state index in [-0.39, 0.29) is 11.7 Å². The van der Waals surface area contributed by atoms with Crippen molar-refractivity contribution in [2.24, 2.45) is 7.05 Å². The summed E-state index contributed by atoms with van der Waals surface area (Å²) in [6.45, 7) is 0. The number of aryl methyl sites for hydroxylation is 1.